The zero-order valence-electron chi connectivity index (χ0n) is 17.3. The van der Waals surface area contributed by atoms with E-state index < -0.39 is 23.1 Å². The van der Waals surface area contributed by atoms with Crippen LogP contribution in [0.15, 0.2) is 23.6 Å². The van der Waals surface area contributed by atoms with Gasteiger partial charge in [-0.05, 0) is 25.0 Å². The van der Waals surface area contributed by atoms with Crippen molar-refractivity contribution in [3.05, 3.63) is 50.7 Å². The maximum Gasteiger partial charge on any atom is 0.339 e. The number of benzene rings is 1. The van der Waals surface area contributed by atoms with Crippen LogP contribution < -0.4 is 0 Å². The fourth-order valence-electron chi connectivity index (χ4n) is 3.88. The Kier molecular flexibility index (Phi) is 7.02. The van der Waals surface area contributed by atoms with Crippen LogP contribution in [0.3, 0.4) is 0 Å². The van der Waals surface area contributed by atoms with Gasteiger partial charge in [0.05, 0.1) is 22.7 Å². The number of piperidine rings is 1. The minimum atomic E-state index is -0.642. The summed E-state index contributed by atoms with van der Waals surface area (Å²) in [5, 5.41) is 2.00. The molecule has 2 fully saturated rings. The van der Waals surface area contributed by atoms with E-state index in [-0.39, 0.29) is 22.4 Å². The lowest BCUT2D eigenvalue weighted by Crippen LogP contribution is -2.40. The summed E-state index contributed by atoms with van der Waals surface area (Å²) in [6.45, 7) is 1.36. The van der Waals surface area contributed by atoms with Gasteiger partial charge < -0.3 is 14.5 Å². The number of hydrogen-bond acceptors (Lipinski definition) is 7. The number of halogens is 2. The van der Waals surface area contributed by atoms with Gasteiger partial charge in [-0.25, -0.2) is 14.2 Å². The minimum Gasteiger partial charge on any atom is -0.467 e. The molecule has 2 amide bonds. The van der Waals surface area contributed by atoms with Gasteiger partial charge >= 0.3 is 5.97 Å². The second kappa shape index (κ2) is 9.76. The molecular formula is C21H21ClFN3O4S2. The molecule has 0 saturated carbocycles. The summed E-state index contributed by atoms with van der Waals surface area (Å²) in [7, 11) is 1.31. The largest absolute Gasteiger partial charge is 0.467 e. The van der Waals surface area contributed by atoms with Crippen LogP contribution in [0.5, 0.6) is 0 Å². The molecule has 2 aliphatic heterocycles. The molecule has 32 heavy (non-hydrogen) atoms. The molecule has 1 aromatic carbocycles. The van der Waals surface area contributed by atoms with Crippen molar-refractivity contribution in [1.29, 1.82) is 0 Å². The van der Waals surface area contributed by atoms with E-state index in [0.29, 0.717) is 43.9 Å². The standard InChI is InChI=1S/C21H21ClFN3O4S2/c1-30-21(29)20-26(9-10-31-20)18(27)15-11-32-17(24-15)12-5-7-25(8-6-12)19(28)16-13(22)3-2-4-14(16)23/h2-4,11-12,20H,5-10H2,1H3. The average Bonchev–Trinajstić information content (AvgIpc) is 3.48. The summed E-state index contributed by atoms with van der Waals surface area (Å²) in [5.74, 6) is -0.995. The molecule has 0 spiro atoms. The fraction of sp³-hybridized carbons (Fsp3) is 0.429. The van der Waals surface area contributed by atoms with Crippen molar-refractivity contribution in [2.45, 2.75) is 24.1 Å². The van der Waals surface area contributed by atoms with Gasteiger partial charge in [-0.3, -0.25) is 9.59 Å². The molecule has 4 rings (SSSR count). The average molecular weight is 498 g/mol. The topological polar surface area (TPSA) is 79.8 Å². The van der Waals surface area contributed by atoms with E-state index >= 15 is 0 Å². The number of thioether (sulfide) groups is 1. The Labute approximate surface area is 197 Å². The van der Waals surface area contributed by atoms with Crippen molar-refractivity contribution >= 4 is 52.5 Å². The summed E-state index contributed by atoms with van der Waals surface area (Å²) in [5.41, 5.74) is 0.219. The van der Waals surface area contributed by atoms with E-state index in [1.54, 1.807) is 10.3 Å². The van der Waals surface area contributed by atoms with Gasteiger partial charge in [0.2, 0.25) is 0 Å². The van der Waals surface area contributed by atoms with E-state index in [1.807, 2.05) is 0 Å². The number of ether oxygens (including phenoxy) is 1. The molecule has 3 heterocycles. The molecular weight excluding hydrogens is 477 g/mol. The van der Waals surface area contributed by atoms with E-state index in [4.69, 9.17) is 16.3 Å². The summed E-state index contributed by atoms with van der Waals surface area (Å²) in [6, 6.07) is 4.20. The first kappa shape index (κ1) is 23.0. The van der Waals surface area contributed by atoms with Crippen molar-refractivity contribution in [2.24, 2.45) is 0 Å². The molecule has 0 N–H and O–H groups in total. The molecule has 1 unspecified atom stereocenters. The van der Waals surface area contributed by atoms with Gasteiger partial charge in [-0.15, -0.1) is 23.1 Å². The minimum absolute atomic E-state index is 0.0987. The molecule has 1 aromatic heterocycles. The number of likely N-dealkylation sites (tertiary alicyclic amines) is 1. The molecule has 2 saturated heterocycles. The Morgan fingerprint density at radius 1 is 1.19 bits per heavy atom. The smallest absolute Gasteiger partial charge is 0.339 e. The van der Waals surface area contributed by atoms with Gasteiger partial charge in [0, 0.05) is 36.7 Å². The maximum absolute atomic E-state index is 14.1. The van der Waals surface area contributed by atoms with Gasteiger partial charge in [0.25, 0.3) is 11.8 Å². The van der Waals surface area contributed by atoms with Gasteiger partial charge in [-0.2, -0.15) is 0 Å². The number of thiazole rings is 1. The third-order valence-electron chi connectivity index (χ3n) is 5.60. The van der Waals surface area contributed by atoms with Crippen molar-refractivity contribution in [2.75, 3.05) is 32.5 Å². The quantitative estimate of drug-likeness (QED) is 0.600. The second-order valence-corrected chi connectivity index (χ2v) is 9.96. The first-order valence-electron chi connectivity index (χ1n) is 10.1. The summed E-state index contributed by atoms with van der Waals surface area (Å²) in [4.78, 5) is 45.2. The Morgan fingerprint density at radius 3 is 2.62 bits per heavy atom. The number of hydrogen-bond donors (Lipinski definition) is 0. The van der Waals surface area contributed by atoms with E-state index in [0.717, 1.165) is 5.01 Å². The molecule has 1 atom stereocenters. The highest BCUT2D eigenvalue weighted by molar-refractivity contribution is 8.00. The molecule has 0 bridgehead atoms. The zero-order chi connectivity index (χ0) is 22.8. The van der Waals surface area contributed by atoms with Gasteiger partial charge in [-0.1, -0.05) is 17.7 Å². The molecule has 0 aliphatic carbocycles. The summed E-state index contributed by atoms with van der Waals surface area (Å²) < 4.78 is 18.9. The van der Waals surface area contributed by atoms with Crippen molar-refractivity contribution in [3.63, 3.8) is 0 Å². The van der Waals surface area contributed by atoms with Crippen molar-refractivity contribution in [1.82, 2.24) is 14.8 Å². The van der Waals surface area contributed by atoms with Crippen molar-refractivity contribution in [3.8, 4) is 0 Å². The normalized spacial score (nSPS) is 19.3. The van der Waals surface area contributed by atoms with Gasteiger partial charge in [0.1, 0.15) is 11.5 Å². The molecule has 170 valence electrons. The number of rotatable bonds is 4. The Balaban J connectivity index is 1.39. The second-order valence-electron chi connectivity index (χ2n) is 7.48. The van der Waals surface area contributed by atoms with Crippen LogP contribution in [0.4, 0.5) is 4.39 Å². The lowest BCUT2D eigenvalue weighted by molar-refractivity contribution is -0.142. The summed E-state index contributed by atoms with van der Waals surface area (Å²) >= 11 is 8.81. The summed E-state index contributed by atoms with van der Waals surface area (Å²) in [6.07, 6.45) is 1.31. The number of carbonyl (C=O) groups is 3. The zero-order valence-corrected chi connectivity index (χ0v) is 19.6. The van der Waals surface area contributed by atoms with Crippen LogP contribution >= 0.6 is 34.7 Å². The van der Waals surface area contributed by atoms with Crippen LogP contribution in [0, 0.1) is 5.82 Å². The van der Waals surface area contributed by atoms with Crippen LogP contribution in [0.25, 0.3) is 0 Å². The lowest BCUT2D eigenvalue weighted by Gasteiger charge is -2.31. The predicted octanol–water partition coefficient (Wildman–Crippen LogP) is 3.64. The highest BCUT2D eigenvalue weighted by Crippen LogP contribution is 2.33. The van der Waals surface area contributed by atoms with E-state index in [1.165, 1.54) is 53.3 Å². The third-order valence-corrected chi connectivity index (χ3v) is 8.11. The highest BCUT2D eigenvalue weighted by atomic mass is 35.5. The van der Waals surface area contributed by atoms with Crippen LogP contribution in [0.1, 0.15) is 44.6 Å². The fourth-order valence-corrected chi connectivity index (χ4v) is 6.23. The lowest BCUT2D eigenvalue weighted by atomic mass is 9.97. The maximum atomic E-state index is 14.1. The Bertz CT molecular complexity index is 1020. The van der Waals surface area contributed by atoms with Crippen LogP contribution in [-0.4, -0.2) is 70.4 Å². The monoisotopic (exact) mass is 497 g/mol. The van der Waals surface area contributed by atoms with Crippen LogP contribution in [-0.2, 0) is 9.53 Å². The number of nitrogens with zero attached hydrogens (tertiary/aromatic N) is 3. The molecule has 2 aliphatic rings. The Hall–Kier alpha value is -2.17. The highest BCUT2D eigenvalue weighted by Gasteiger charge is 2.37. The number of amides is 2. The first-order chi connectivity index (χ1) is 15.4. The Morgan fingerprint density at radius 2 is 1.94 bits per heavy atom. The number of carbonyl (C=O) groups excluding carboxylic acids is 3. The molecule has 7 nitrogen and oxygen atoms in total. The molecule has 0 radical (unpaired) electrons. The SMILES string of the molecule is COC(=O)C1SCCN1C(=O)c1csc(C2CCN(C(=O)c3c(F)cccc3Cl)CC2)n1. The number of aromatic nitrogens is 1. The first-order valence-corrected chi connectivity index (χ1v) is 12.4. The molecule has 11 heteroatoms. The van der Waals surface area contributed by atoms with Crippen LogP contribution in [0.2, 0.25) is 5.02 Å². The third kappa shape index (κ3) is 4.49. The predicted molar refractivity (Wildman–Crippen MR) is 121 cm³/mol. The van der Waals surface area contributed by atoms with Crippen molar-refractivity contribution < 1.29 is 23.5 Å². The van der Waals surface area contributed by atoms with E-state index in [2.05, 4.69) is 4.98 Å². The molecule has 2 aromatic rings. The number of esters is 1. The number of methoxy groups -OCH3 is 1. The van der Waals surface area contributed by atoms with E-state index in [9.17, 15) is 18.8 Å². The van der Waals surface area contributed by atoms with Gasteiger partial charge in [0.15, 0.2) is 5.37 Å².